The van der Waals surface area contributed by atoms with Gasteiger partial charge in [-0.3, -0.25) is 28.9 Å². The monoisotopic (exact) mass is 1170 g/mol. The first-order valence-electron chi connectivity index (χ1n) is 24.0. The molecule has 5 amide bonds. The van der Waals surface area contributed by atoms with Crippen LogP contribution in [0, 0.1) is 12.8 Å². The number of aromatic nitrogens is 8. The van der Waals surface area contributed by atoms with Crippen molar-refractivity contribution in [1.82, 2.24) is 55.8 Å². The van der Waals surface area contributed by atoms with Crippen molar-refractivity contribution in [3.63, 3.8) is 0 Å². The van der Waals surface area contributed by atoms with Gasteiger partial charge in [-0.05, 0) is 48.6 Å². The molecule has 8 aromatic heterocycles. The lowest BCUT2D eigenvalue weighted by Crippen LogP contribution is -2.34. The molecule has 9 aromatic rings. The number of thiazole rings is 6. The lowest BCUT2D eigenvalue weighted by molar-refractivity contribution is -0.117. The van der Waals surface area contributed by atoms with E-state index in [1.807, 2.05) is 48.9 Å². The molecule has 0 aliphatic rings. The van der Waals surface area contributed by atoms with Crippen LogP contribution in [0.2, 0.25) is 0 Å². The van der Waals surface area contributed by atoms with Crippen molar-refractivity contribution in [2.24, 2.45) is 11.7 Å². The van der Waals surface area contributed by atoms with Gasteiger partial charge in [0.25, 0.3) is 17.7 Å². The third-order valence-corrected chi connectivity index (χ3v) is 17.3. The molecular formula is C52H47N13O8S6. The number of carbonyl (C=O) groups excluding carboxylic acids is 5. The number of primary amides is 1. The second kappa shape index (κ2) is 25.3. The first kappa shape index (κ1) is 55.8. The van der Waals surface area contributed by atoms with Crippen LogP contribution in [0.4, 0.5) is 5.82 Å². The van der Waals surface area contributed by atoms with Crippen molar-refractivity contribution in [1.29, 1.82) is 0 Å². The summed E-state index contributed by atoms with van der Waals surface area (Å²) in [6.07, 6.45) is 3.69. The van der Waals surface area contributed by atoms with Crippen LogP contribution in [0.25, 0.3) is 43.4 Å². The van der Waals surface area contributed by atoms with Crippen LogP contribution in [0.3, 0.4) is 0 Å². The van der Waals surface area contributed by atoms with Crippen molar-refractivity contribution in [2.45, 2.75) is 59.4 Å². The number of carboxylic acid groups (broad SMARTS) is 1. The Hall–Kier alpha value is -7.92. The minimum atomic E-state index is -1.16. The van der Waals surface area contributed by atoms with E-state index in [1.165, 1.54) is 86.5 Å². The van der Waals surface area contributed by atoms with Gasteiger partial charge in [0.1, 0.15) is 70.7 Å². The number of carboxylic acids is 1. The smallest absolute Gasteiger partial charge is 0.354 e. The summed E-state index contributed by atoms with van der Waals surface area (Å²) in [6, 6.07) is 16.2. The van der Waals surface area contributed by atoms with Gasteiger partial charge in [-0.25, -0.2) is 44.7 Å². The number of pyridine rings is 2. The Bertz CT molecular complexity index is 3680. The Morgan fingerprint density at radius 1 is 0.722 bits per heavy atom. The number of nitrogens with one attached hydrogen (secondary N) is 3. The second-order valence-corrected chi connectivity index (χ2v) is 23.6. The Balaban J connectivity index is 0.925. The van der Waals surface area contributed by atoms with Crippen molar-refractivity contribution in [2.75, 3.05) is 18.6 Å². The van der Waals surface area contributed by atoms with Gasteiger partial charge in [-0.15, -0.1) is 68.0 Å². The van der Waals surface area contributed by atoms with Crippen LogP contribution in [-0.4, -0.2) is 94.6 Å². The van der Waals surface area contributed by atoms with E-state index in [1.54, 1.807) is 41.2 Å². The van der Waals surface area contributed by atoms with Gasteiger partial charge >= 0.3 is 5.97 Å². The number of nitrogens with two attached hydrogens (primary N) is 1. The predicted molar refractivity (Wildman–Crippen MR) is 303 cm³/mol. The summed E-state index contributed by atoms with van der Waals surface area (Å²) in [5.41, 5.74) is 10.2. The van der Waals surface area contributed by atoms with Gasteiger partial charge in [-0.1, -0.05) is 50.2 Å². The number of aryl methyl sites for hydroxylation is 3. The molecule has 0 aliphatic carbocycles. The topological polar surface area (TPSA) is 300 Å². The van der Waals surface area contributed by atoms with E-state index in [-0.39, 0.29) is 54.9 Å². The summed E-state index contributed by atoms with van der Waals surface area (Å²) in [7, 11) is 1.48. The van der Waals surface area contributed by atoms with E-state index in [2.05, 4.69) is 43.0 Å². The van der Waals surface area contributed by atoms with E-state index >= 15 is 0 Å². The average Bonchev–Trinajstić information content (AvgIpc) is 4.46. The Kier molecular flexibility index (Phi) is 17.8. The van der Waals surface area contributed by atoms with E-state index in [0.717, 1.165) is 23.5 Å². The maximum atomic E-state index is 13.8. The van der Waals surface area contributed by atoms with Crippen LogP contribution in [-0.2, 0) is 46.9 Å². The quantitative estimate of drug-likeness (QED) is 0.0356. The van der Waals surface area contributed by atoms with E-state index < -0.39 is 35.6 Å². The molecule has 0 saturated heterocycles. The number of carbonyl (C=O) groups is 6. The highest BCUT2D eigenvalue weighted by molar-refractivity contribution is 7.15. The number of nitrogens with zero attached hydrogens (tertiary/aromatic N) is 9. The summed E-state index contributed by atoms with van der Waals surface area (Å²) < 4.78 is 5.29. The molecule has 9 rings (SSSR count). The van der Waals surface area contributed by atoms with Crippen molar-refractivity contribution < 1.29 is 38.6 Å². The van der Waals surface area contributed by atoms with Crippen LogP contribution in [0.1, 0.15) is 97.7 Å². The fourth-order valence-electron chi connectivity index (χ4n) is 7.76. The van der Waals surface area contributed by atoms with E-state index in [9.17, 15) is 33.9 Å². The normalized spacial score (nSPS) is 11.6. The lowest BCUT2D eigenvalue weighted by Gasteiger charge is -2.20. The van der Waals surface area contributed by atoms with Gasteiger partial charge in [-0.2, -0.15) is 0 Å². The second-order valence-electron chi connectivity index (χ2n) is 17.7. The highest BCUT2D eigenvalue weighted by Crippen LogP contribution is 2.39. The molecule has 1 unspecified atom stereocenters. The molecular weight excluding hydrogens is 1130 g/mol. The molecule has 1 aromatic carbocycles. The zero-order chi connectivity index (χ0) is 55.7. The Morgan fingerprint density at radius 3 is 2.23 bits per heavy atom. The third kappa shape index (κ3) is 13.5. The molecule has 0 radical (unpaired) electrons. The largest absolute Gasteiger partial charge is 0.477 e. The van der Waals surface area contributed by atoms with E-state index in [4.69, 9.17) is 35.4 Å². The predicted octanol–water partition coefficient (Wildman–Crippen LogP) is 8.26. The maximum Gasteiger partial charge on any atom is 0.354 e. The van der Waals surface area contributed by atoms with Crippen molar-refractivity contribution in [3.8, 4) is 43.4 Å². The minimum Gasteiger partial charge on any atom is -0.477 e. The zero-order valence-electron chi connectivity index (χ0n) is 42.4. The number of anilines is 1. The molecule has 1 atom stereocenters. The summed E-state index contributed by atoms with van der Waals surface area (Å²) in [5.74, 6) is -3.18. The van der Waals surface area contributed by atoms with Crippen LogP contribution >= 0.6 is 68.0 Å². The Labute approximate surface area is 475 Å². The summed E-state index contributed by atoms with van der Waals surface area (Å²) in [4.78, 5) is 116. The molecule has 27 heteroatoms. The van der Waals surface area contributed by atoms with Crippen molar-refractivity contribution >= 4 is 110 Å². The molecule has 8 heterocycles. The summed E-state index contributed by atoms with van der Waals surface area (Å²) in [6.45, 7) is 5.40. The minimum absolute atomic E-state index is 0.00758. The number of aromatic carboxylic acids is 1. The molecule has 0 bridgehead atoms. The van der Waals surface area contributed by atoms with Gasteiger partial charge in [0, 0.05) is 51.7 Å². The molecule has 0 fully saturated rings. The number of hydrogen-bond acceptors (Lipinski definition) is 21. The van der Waals surface area contributed by atoms with Crippen molar-refractivity contribution in [3.05, 3.63) is 141 Å². The van der Waals surface area contributed by atoms with Gasteiger partial charge in [0.2, 0.25) is 12.3 Å². The summed E-state index contributed by atoms with van der Waals surface area (Å²) >= 11 is 8.01. The Morgan fingerprint density at radius 2 is 1.49 bits per heavy atom. The molecule has 21 nitrogen and oxygen atoms in total. The molecule has 0 spiro atoms. The zero-order valence-corrected chi connectivity index (χ0v) is 47.3. The first-order chi connectivity index (χ1) is 38.1. The van der Waals surface area contributed by atoms with Crippen LogP contribution < -0.4 is 26.6 Å². The number of benzene rings is 1. The van der Waals surface area contributed by atoms with Gasteiger partial charge in [0.05, 0.1) is 47.9 Å². The molecule has 6 N–H and O–H groups in total. The average molecular weight is 1170 g/mol. The van der Waals surface area contributed by atoms with Crippen LogP contribution in [0.5, 0.6) is 0 Å². The third-order valence-electron chi connectivity index (χ3n) is 11.7. The molecule has 79 heavy (non-hydrogen) atoms. The first-order valence-corrected chi connectivity index (χ1v) is 29.2. The fraction of sp³-hybridized carbons (Fsp3) is 0.231. The maximum absolute atomic E-state index is 13.8. The number of amides is 5. The molecule has 0 aliphatic heterocycles. The number of ether oxygens (including phenoxy) is 1. The highest BCUT2D eigenvalue weighted by Gasteiger charge is 2.29. The lowest BCUT2D eigenvalue weighted by atomic mass is 10.0. The highest BCUT2D eigenvalue weighted by atomic mass is 32.1. The standard InChI is InChI=1S/C52H47N13O8S6/c1-26(2)41(51-64-44(36(79-51)20-73-4)46(69)55-17-37(53)67)63-47(70)42-27(3)78-40(62-42)18-56-45(68)34-22-75-48(60-34)30-12-14-31(49-61-38(24-77-49)65(25-66)19-29-10-13-32(52(71)72)54-16-29)58-43(30)33-21-76-50(59-33)35-23-74-39(57-35)15-11-28-8-6-5-7-9-28/h5-10,12-14,16,21-26,41H,11,15,17-20H2,1-4H3,(H2,53,67)(H,55,69)(H,56,68)(H,63,70)(H,71,72). The number of hydrogen-bond donors (Lipinski definition) is 5. The molecule has 404 valence electrons. The van der Waals surface area contributed by atoms with Gasteiger partial charge < -0.3 is 31.5 Å². The summed E-state index contributed by atoms with van der Waals surface area (Å²) in [5, 5.41) is 28.5. The van der Waals surface area contributed by atoms with Gasteiger partial charge in [0.15, 0.2) is 0 Å². The van der Waals surface area contributed by atoms with E-state index in [0.29, 0.717) is 75.2 Å². The number of rotatable bonds is 24. The molecule has 0 saturated carbocycles. The van der Waals surface area contributed by atoms with Crippen LogP contribution in [0.15, 0.2) is 82.3 Å². The number of methoxy groups -OCH3 is 1. The fourth-order valence-corrected chi connectivity index (χ4v) is 13.1. The SMILES string of the molecule is COCc1sc(C(NC(=O)c2nc(CNC(=O)c3csc(-c4ccc(-c5nc(N(C=O)Cc6ccc(C(=O)O)nc6)cs5)nc4-c4csc(-c5csc(CCc6ccccc6)n5)n4)n3)sc2C)C(C)C)nc1C(=O)NCC(N)=O.